The molecule has 1 fully saturated rings. The summed E-state index contributed by atoms with van der Waals surface area (Å²) in [6.45, 7) is 1.10. The van der Waals surface area contributed by atoms with E-state index in [1.807, 2.05) is 30.3 Å². The summed E-state index contributed by atoms with van der Waals surface area (Å²) >= 11 is 0. The molecule has 122 valence electrons. The molecule has 0 bridgehead atoms. The molecule has 0 saturated heterocycles. The number of esters is 1. The second-order valence-electron chi connectivity index (χ2n) is 5.41. The molecule has 1 aromatic rings. The van der Waals surface area contributed by atoms with Crippen molar-refractivity contribution in [3.8, 4) is 0 Å². The van der Waals surface area contributed by atoms with Crippen LogP contribution in [0.4, 0.5) is 0 Å². The Balaban J connectivity index is 0.00000242. The van der Waals surface area contributed by atoms with Gasteiger partial charge in [0.1, 0.15) is 6.04 Å². The first-order chi connectivity index (χ1) is 10.2. The maximum absolute atomic E-state index is 11.9. The highest BCUT2D eigenvalue weighted by molar-refractivity contribution is 5.86. The SMILES string of the molecule is COC(=O)C(Cc1ccccc1)NC(=O)CNCC1CC1.Cl. The first-order valence-electron chi connectivity index (χ1n) is 7.31. The third-order valence-corrected chi connectivity index (χ3v) is 3.52. The maximum Gasteiger partial charge on any atom is 0.328 e. The van der Waals surface area contributed by atoms with Gasteiger partial charge in [0.2, 0.25) is 5.91 Å². The molecule has 0 aliphatic heterocycles. The zero-order chi connectivity index (χ0) is 15.1. The zero-order valence-electron chi connectivity index (χ0n) is 12.7. The van der Waals surface area contributed by atoms with Crippen LogP contribution < -0.4 is 10.6 Å². The van der Waals surface area contributed by atoms with E-state index >= 15 is 0 Å². The molecule has 0 aromatic heterocycles. The minimum absolute atomic E-state index is 0. The fourth-order valence-corrected chi connectivity index (χ4v) is 2.14. The summed E-state index contributed by atoms with van der Waals surface area (Å²) in [6, 6.07) is 8.93. The van der Waals surface area contributed by atoms with Crippen LogP contribution in [-0.4, -0.2) is 38.1 Å². The van der Waals surface area contributed by atoms with Gasteiger partial charge in [-0.1, -0.05) is 30.3 Å². The van der Waals surface area contributed by atoms with Crippen LogP contribution in [0.15, 0.2) is 30.3 Å². The second-order valence-corrected chi connectivity index (χ2v) is 5.41. The molecule has 1 aromatic carbocycles. The Bertz CT molecular complexity index is 478. The lowest BCUT2D eigenvalue weighted by Gasteiger charge is -2.17. The van der Waals surface area contributed by atoms with Crippen molar-refractivity contribution in [3.05, 3.63) is 35.9 Å². The van der Waals surface area contributed by atoms with Crippen LogP contribution in [0.5, 0.6) is 0 Å². The normalized spacial score (nSPS) is 14.6. The predicted molar refractivity (Wildman–Crippen MR) is 86.9 cm³/mol. The third kappa shape index (κ3) is 6.45. The van der Waals surface area contributed by atoms with Crippen molar-refractivity contribution < 1.29 is 14.3 Å². The summed E-state index contributed by atoms with van der Waals surface area (Å²) in [5.41, 5.74) is 0.985. The van der Waals surface area contributed by atoms with Crippen LogP contribution in [0.1, 0.15) is 18.4 Å². The summed E-state index contributed by atoms with van der Waals surface area (Å²) in [4.78, 5) is 23.7. The number of hydrogen-bond donors (Lipinski definition) is 2. The number of carbonyl (C=O) groups excluding carboxylic acids is 2. The molecule has 0 spiro atoms. The highest BCUT2D eigenvalue weighted by atomic mass is 35.5. The number of benzene rings is 1. The van der Waals surface area contributed by atoms with Crippen LogP contribution in [0, 0.1) is 5.92 Å². The lowest BCUT2D eigenvalue weighted by molar-refractivity contribution is -0.144. The van der Waals surface area contributed by atoms with E-state index in [9.17, 15) is 9.59 Å². The molecule has 22 heavy (non-hydrogen) atoms. The Labute approximate surface area is 137 Å². The summed E-state index contributed by atoms with van der Waals surface area (Å²) in [6.07, 6.45) is 2.92. The fraction of sp³-hybridized carbons (Fsp3) is 0.500. The van der Waals surface area contributed by atoms with Crippen molar-refractivity contribution in [1.29, 1.82) is 0 Å². The van der Waals surface area contributed by atoms with Crippen LogP contribution in [0.25, 0.3) is 0 Å². The van der Waals surface area contributed by atoms with Crippen molar-refractivity contribution in [2.24, 2.45) is 5.92 Å². The molecule has 6 heteroatoms. The van der Waals surface area contributed by atoms with Gasteiger partial charge in [-0.05, 0) is 30.9 Å². The second kappa shape index (κ2) is 9.43. The van der Waals surface area contributed by atoms with Gasteiger partial charge < -0.3 is 15.4 Å². The Hall–Kier alpha value is -1.59. The number of rotatable bonds is 8. The van der Waals surface area contributed by atoms with Gasteiger partial charge >= 0.3 is 5.97 Å². The van der Waals surface area contributed by atoms with Crippen molar-refractivity contribution >= 4 is 24.3 Å². The summed E-state index contributed by atoms with van der Waals surface area (Å²) < 4.78 is 4.76. The largest absolute Gasteiger partial charge is 0.467 e. The molecule has 2 rings (SSSR count). The van der Waals surface area contributed by atoms with E-state index in [4.69, 9.17) is 4.74 Å². The van der Waals surface area contributed by atoms with Crippen molar-refractivity contribution in [2.75, 3.05) is 20.2 Å². The molecule has 1 atom stereocenters. The minimum atomic E-state index is -0.646. The van der Waals surface area contributed by atoms with E-state index in [2.05, 4.69) is 10.6 Å². The van der Waals surface area contributed by atoms with Crippen molar-refractivity contribution in [3.63, 3.8) is 0 Å². The zero-order valence-corrected chi connectivity index (χ0v) is 13.5. The van der Waals surface area contributed by atoms with Crippen LogP contribution in [0.3, 0.4) is 0 Å². The monoisotopic (exact) mass is 326 g/mol. The average Bonchev–Trinajstić information content (AvgIpc) is 3.31. The molecular weight excluding hydrogens is 304 g/mol. The number of methoxy groups -OCH3 is 1. The van der Waals surface area contributed by atoms with Gasteiger partial charge in [0.15, 0.2) is 0 Å². The van der Waals surface area contributed by atoms with Gasteiger partial charge in [-0.3, -0.25) is 4.79 Å². The van der Waals surface area contributed by atoms with Gasteiger partial charge in [0.25, 0.3) is 0 Å². The molecule has 1 aliphatic rings. The average molecular weight is 327 g/mol. The van der Waals surface area contributed by atoms with E-state index in [1.54, 1.807) is 0 Å². The molecule has 2 N–H and O–H groups in total. The van der Waals surface area contributed by atoms with Crippen LogP contribution in [0.2, 0.25) is 0 Å². The molecular formula is C16H23ClN2O3. The van der Waals surface area contributed by atoms with E-state index < -0.39 is 12.0 Å². The topological polar surface area (TPSA) is 67.4 Å². The molecule has 1 aliphatic carbocycles. The number of hydrogen-bond acceptors (Lipinski definition) is 4. The number of halogens is 1. The summed E-state index contributed by atoms with van der Waals surface area (Å²) in [5.74, 6) is 0.120. The number of nitrogens with one attached hydrogen (secondary N) is 2. The number of carbonyl (C=O) groups is 2. The fourth-order valence-electron chi connectivity index (χ4n) is 2.14. The molecule has 1 saturated carbocycles. The Morgan fingerprint density at radius 1 is 1.27 bits per heavy atom. The van der Waals surface area contributed by atoms with E-state index in [0.717, 1.165) is 18.0 Å². The highest BCUT2D eigenvalue weighted by Crippen LogP contribution is 2.27. The van der Waals surface area contributed by atoms with Crippen LogP contribution in [-0.2, 0) is 20.7 Å². The highest BCUT2D eigenvalue weighted by Gasteiger charge is 2.23. The third-order valence-electron chi connectivity index (χ3n) is 3.52. The van der Waals surface area contributed by atoms with E-state index in [1.165, 1.54) is 20.0 Å². The lowest BCUT2D eigenvalue weighted by atomic mass is 10.1. The van der Waals surface area contributed by atoms with Crippen molar-refractivity contribution in [2.45, 2.75) is 25.3 Å². The molecule has 0 heterocycles. The first-order valence-corrected chi connectivity index (χ1v) is 7.31. The summed E-state index contributed by atoms with van der Waals surface area (Å²) in [7, 11) is 1.33. The van der Waals surface area contributed by atoms with Gasteiger partial charge in [0, 0.05) is 6.42 Å². The van der Waals surface area contributed by atoms with E-state index in [0.29, 0.717) is 6.42 Å². The maximum atomic E-state index is 11.9. The molecule has 0 radical (unpaired) electrons. The van der Waals surface area contributed by atoms with E-state index in [-0.39, 0.29) is 24.9 Å². The lowest BCUT2D eigenvalue weighted by Crippen LogP contribution is -2.46. The Morgan fingerprint density at radius 3 is 2.55 bits per heavy atom. The van der Waals surface area contributed by atoms with Gasteiger partial charge in [-0.25, -0.2) is 4.79 Å². The van der Waals surface area contributed by atoms with Gasteiger partial charge in [-0.2, -0.15) is 0 Å². The van der Waals surface area contributed by atoms with Crippen LogP contribution >= 0.6 is 12.4 Å². The Morgan fingerprint density at radius 2 is 1.95 bits per heavy atom. The quantitative estimate of drug-likeness (QED) is 0.707. The smallest absolute Gasteiger partial charge is 0.328 e. The number of amides is 1. The standard InChI is InChI=1S/C16H22N2O3.ClH/c1-21-16(20)14(9-12-5-3-2-4-6-12)18-15(19)11-17-10-13-7-8-13;/h2-6,13-14,17H,7-11H2,1H3,(H,18,19);1H. The molecule has 5 nitrogen and oxygen atoms in total. The minimum Gasteiger partial charge on any atom is -0.467 e. The molecule has 1 amide bonds. The number of ether oxygens (including phenoxy) is 1. The van der Waals surface area contributed by atoms with Gasteiger partial charge in [-0.15, -0.1) is 12.4 Å². The molecule has 1 unspecified atom stereocenters. The first kappa shape index (κ1) is 18.5. The summed E-state index contributed by atoms with van der Waals surface area (Å²) in [5, 5.41) is 5.84. The predicted octanol–water partition coefficient (Wildman–Crippen LogP) is 1.31. The van der Waals surface area contributed by atoms with Gasteiger partial charge in [0.05, 0.1) is 13.7 Å². The Kier molecular flexibility index (Phi) is 7.91. The van der Waals surface area contributed by atoms with Crippen molar-refractivity contribution in [1.82, 2.24) is 10.6 Å².